The zero-order valence-electron chi connectivity index (χ0n) is 7.34. The summed E-state index contributed by atoms with van der Waals surface area (Å²) in [6, 6.07) is 0.256. The first-order valence-electron chi connectivity index (χ1n) is 4.62. The Morgan fingerprint density at radius 2 is 2.33 bits per heavy atom. The molecule has 0 heterocycles. The van der Waals surface area contributed by atoms with Crippen LogP contribution in [0.2, 0.25) is 0 Å². The molecule has 0 fully saturated rings. The van der Waals surface area contributed by atoms with Crippen LogP contribution >= 0.6 is 0 Å². The van der Waals surface area contributed by atoms with E-state index in [1.807, 2.05) is 0 Å². The van der Waals surface area contributed by atoms with Gasteiger partial charge in [-0.05, 0) is 42.4 Å². The van der Waals surface area contributed by atoms with Gasteiger partial charge in [-0.1, -0.05) is 18.7 Å². The van der Waals surface area contributed by atoms with Crippen molar-refractivity contribution in [3.8, 4) is 0 Å². The highest BCUT2D eigenvalue weighted by Crippen LogP contribution is 2.33. The van der Waals surface area contributed by atoms with Crippen LogP contribution in [0.4, 0.5) is 0 Å². The standard InChI is InChI=1S/C11H15N/c1-8-4-2-5-9-6-3-7-10(12)11(8)9/h2,5,10H,1,3-4,6-7,12H2. The number of nitrogens with two attached hydrogens (primary N) is 1. The highest BCUT2D eigenvalue weighted by Gasteiger charge is 2.21. The van der Waals surface area contributed by atoms with Gasteiger partial charge < -0.3 is 5.73 Å². The molecule has 0 aromatic rings. The molecule has 0 amide bonds. The first-order chi connectivity index (χ1) is 5.79. The van der Waals surface area contributed by atoms with Crippen LogP contribution < -0.4 is 5.73 Å². The molecule has 0 aromatic carbocycles. The summed E-state index contributed by atoms with van der Waals surface area (Å²) in [5.74, 6) is 0. The van der Waals surface area contributed by atoms with Crippen LogP contribution in [0.25, 0.3) is 0 Å². The lowest BCUT2D eigenvalue weighted by molar-refractivity contribution is 0.602. The Morgan fingerprint density at radius 1 is 1.50 bits per heavy atom. The van der Waals surface area contributed by atoms with Crippen molar-refractivity contribution in [2.24, 2.45) is 5.73 Å². The Morgan fingerprint density at radius 3 is 3.08 bits per heavy atom. The molecule has 1 unspecified atom stereocenters. The summed E-state index contributed by atoms with van der Waals surface area (Å²) in [7, 11) is 0. The molecule has 0 bridgehead atoms. The number of hydrogen-bond acceptors (Lipinski definition) is 1. The smallest absolute Gasteiger partial charge is 0.0300 e. The second-order valence-corrected chi connectivity index (χ2v) is 3.65. The Kier molecular flexibility index (Phi) is 1.89. The van der Waals surface area contributed by atoms with Gasteiger partial charge in [0.1, 0.15) is 0 Å². The second-order valence-electron chi connectivity index (χ2n) is 3.65. The largest absolute Gasteiger partial charge is 0.324 e. The summed E-state index contributed by atoms with van der Waals surface area (Å²) in [5, 5.41) is 0. The van der Waals surface area contributed by atoms with E-state index in [1.165, 1.54) is 29.6 Å². The average molecular weight is 161 g/mol. The summed E-state index contributed by atoms with van der Waals surface area (Å²) in [4.78, 5) is 0. The van der Waals surface area contributed by atoms with E-state index in [0.29, 0.717) is 0 Å². The van der Waals surface area contributed by atoms with Gasteiger partial charge >= 0.3 is 0 Å². The normalized spacial score (nSPS) is 29.1. The van der Waals surface area contributed by atoms with E-state index in [4.69, 9.17) is 5.73 Å². The average Bonchev–Trinajstić information content (AvgIpc) is 2.04. The molecule has 1 atom stereocenters. The first kappa shape index (κ1) is 7.81. The maximum Gasteiger partial charge on any atom is 0.0300 e. The number of allylic oxidation sites excluding steroid dienone is 3. The van der Waals surface area contributed by atoms with E-state index in [-0.39, 0.29) is 6.04 Å². The highest BCUT2D eigenvalue weighted by molar-refractivity contribution is 5.47. The third-order valence-corrected chi connectivity index (χ3v) is 2.74. The molecule has 0 aliphatic heterocycles. The van der Waals surface area contributed by atoms with Crippen molar-refractivity contribution in [1.82, 2.24) is 0 Å². The molecule has 0 radical (unpaired) electrons. The summed E-state index contributed by atoms with van der Waals surface area (Å²) in [6.45, 7) is 4.06. The molecule has 2 aliphatic carbocycles. The van der Waals surface area contributed by atoms with Crippen LogP contribution in [0.1, 0.15) is 25.7 Å². The quantitative estimate of drug-likeness (QED) is 0.579. The van der Waals surface area contributed by atoms with Crippen molar-refractivity contribution >= 4 is 0 Å². The fourth-order valence-corrected chi connectivity index (χ4v) is 2.15. The van der Waals surface area contributed by atoms with Crippen LogP contribution in [0, 0.1) is 0 Å². The molecule has 2 aliphatic rings. The van der Waals surface area contributed by atoms with Crippen molar-refractivity contribution in [1.29, 1.82) is 0 Å². The van der Waals surface area contributed by atoms with Crippen LogP contribution in [0.15, 0.2) is 35.5 Å². The molecule has 0 saturated carbocycles. The van der Waals surface area contributed by atoms with Gasteiger partial charge in [0.05, 0.1) is 0 Å². The molecule has 1 nitrogen and oxygen atoms in total. The number of hydrogen-bond donors (Lipinski definition) is 1. The molecular formula is C11H15N. The molecule has 0 spiro atoms. The molecule has 2 N–H and O–H groups in total. The SMILES string of the molecule is C=C1CC=CC2=C1C(N)CCC2. The minimum absolute atomic E-state index is 0.256. The molecule has 64 valence electrons. The molecule has 0 saturated heterocycles. The molecule has 12 heavy (non-hydrogen) atoms. The summed E-state index contributed by atoms with van der Waals surface area (Å²) >= 11 is 0. The summed E-state index contributed by atoms with van der Waals surface area (Å²) < 4.78 is 0. The predicted molar refractivity (Wildman–Crippen MR) is 51.7 cm³/mol. The number of rotatable bonds is 0. The maximum atomic E-state index is 6.03. The van der Waals surface area contributed by atoms with Gasteiger partial charge in [0.2, 0.25) is 0 Å². The van der Waals surface area contributed by atoms with Gasteiger partial charge in [0.25, 0.3) is 0 Å². The van der Waals surface area contributed by atoms with Crippen molar-refractivity contribution < 1.29 is 0 Å². The van der Waals surface area contributed by atoms with Crippen LogP contribution in [0.5, 0.6) is 0 Å². The Bertz CT molecular complexity index is 271. The highest BCUT2D eigenvalue weighted by atomic mass is 14.6. The molecule has 2 rings (SSSR count). The van der Waals surface area contributed by atoms with Crippen LogP contribution in [-0.4, -0.2) is 6.04 Å². The molecule has 1 heteroatoms. The third kappa shape index (κ3) is 1.14. The minimum atomic E-state index is 0.256. The van der Waals surface area contributed by atoms with E-state index in [0.717, 1.165) is 12.8 Å². The lowest BCUT2D eigenvalue weighted by Gasteiger charge is -2.28. The fraction of sp³-hybridized carbons (Fsp3) is 0.455. The Labute approximate surface area is 73.6 Å². The maximum absolute atomic E-state index is 6.03. The lowest BCUT2D eigenvalue weighted by Crippen LogP contribution is -2.28. The monoisotopic (exact) mass is 161 g/mol. The van der Waals surface area contributed by atoms with Gasteiger partial charge in [0.15, 0.2) is 0 Å². The van der Waals surface area contributed by atoms with Gasteiger partial charge in [-0.15, -0.1) is 0 Å². The van der Waals surface area contributed by atoms with E-state index < -0.39 is 0 Å². The molecular weight excluding hydrogens is 146 g/mol. The van der Waals surface area contributed by atoms with Crippen molar-refractivity contribution in [2.75, 3.05) is 0 Å². The van der Waals surface area contributed by atoms with Crippen LogP contribution in [0.3, 0.4) is 0 Å². The predicted octanol–water partition coefficient (Wildman–Crippen LogP) is 2.31. The van der Waals surface area contributed by atoms with E-state index in [9.17, 15) is 0 Å². The minimum Gasteiger partial charge on any atom is -0.324 e. The Balaban J connectivity index is 2.40. The third-order valence-electron chi connectivity index (χ3n) is 2.74. The van der Waals surface area contributed by atoms with E-state index in [1.54, 1.807) is 0 Å². The van der Waals surface area contributed by atoms with Crippen molar-refractivity contribution in [3.63, 3.8) is 0 Å². The van der Waals surface area contributed by atoms with E-state index >= 15 is 0 Å². The zero-order chi connectivity index (χ0) is 8.55. The topological polar surface area (TPSA) is 26.0 Å². The molecule has 0 aromatic heterocycles. The summed E-state index contributed by atoms with van der Waals surface area (Å²) in [5.41, 5.74) is 10.0. The lowest BCUT2D eigenvalue weighted by atomic mass is 9.80. The van der Waals surface area contributed by atoms with Crippen molar-refractivity contribution in [2.45, 2.75) is 31.7 Å². The van der Waals surface area contributed by atoms with Gasteiger partial charge in [0, 0.05) is 6.04 Å². The zero-order valence-corrected chi connectivity index (χ0v) is 7.34. The Hall–Kier alpha value is -0.820. The van der Waals surface area contributed by atoms with Crippen LogP contribution in [-0.2, 0) is 0 Å². The summed E-state index contributed by atoms with van der Waals surface area (Å²) in [6.07, 6.45) is 8.97. The van der Waals surface area contributed by atoms with Gasteiger partial charge in [-0.2, -0.15) is 0 Å². The van der Waals surface area contributed by atoms with E-state index in [2.05, 4.69) is 18.7 Å². The second kappa shape index (κ2) is 2.91. The van der Waals surface area contributed by atoms with Gasteiger partial charge in [-0.25, -0.2) is 0 Å². The van der Waals surface area contributed by atoms with Crippen molar-refractivity contribution in [3.05, 3.63) is 35.5 Å². The van der Waals surface area contributed by atoms with Gasteiger partial charge in [-0.3, -0.25) is 0 Å². The fourth-order valence-electron chi connectivity index (χ4n) is 2.15. The first-order valence-corrected chi connectivity index (χ1v) is 4.62.